The Hall–Kier alpha value is -1.31. The predicted octanol–water partition coefficient (Wildman–Crippen LogP) is 6.53. The van der Waals surface area contributed by atoms with Crippen molar-refractivity contribution in [1.29, 1.82) is 0 Å². The molecule has 0 aromatic carbocycles. The number of carbonyl (C=O) groups is 1. The molecule has 0 saturated heterocycles. The Kier molecular flexibility index (Phi) is 13.5. The molecule has 0 rings (SSSR count). The molecule has 0 radical (unpaired) electrons. The van der Waals surface area contributed by atoms with Gasteiger partial charge in [-0.2, -0.15) is 0 Å². The molecule has 2 heteroatoms. The van der Waals surface area contributed by atoms with E-state index in [4.69, 9.17) is 4.74 Å². The van der Waals surface area contributed by atoms with Gasteiger partial charge < -0.3 is 4.74 Å². The predicted molar refractivity (Wildman–Crippen MR) is 101 cm³/mol. The van der Waals surface area contributed by atoms with Crippen LogP contribution in [-0.4, -0.2) is 12.6 Å². The molecule has 23 heavy (non-hydrogen) atoms. The van der Waals surface area contributed by atoms with Crippen LogP contribution in [0.4, 0.5) is 0 Å². The monoisotopic (exact) mass is 320 g/mol. The summed E-state index contributed by atoms with van der Waals surface area (Å²) in [6.07, 6.45) is 14.7. The van der Waals surface area contributed by atoms with Crippen LogP contribution in [0, 0.1) is 0 Å². The number of rotatable bonds is 12. The van der Waals surface area contributed by atoms with Gasteiger partial charge in [-0.3, -0.25) is 4.79 Å². The third-order valence-corrected chi connectivity index (χ3v) is 3.78. The molecule has 0 bridgehead atoms. The smallest absolute Gasteiger partial charge is 0.306 e. The van der Waals surface area contributed by atoms with Crippen molar-refractivity contribution in [1.82, 2.24) is 0 Å². The summed E-state index contributed by atoms with van der Waals surface area (Å²) in [5.74, 6) is -0.0717. The summed E-state index contributed by atoms with van der Waals surface area (Å²) < 4.78 is 5.22. The maximum absolute atomic E-state index is 11.5. The minimum atomic E-state index is -0.0717. The Labute approximate surface area is 143 Å². The van der Waals surface area contributed by atoms with Gasteiger partial charge in [0.15, 0.2) is 0 Å². The fourth-order valence-electron chi connectivity index (χ4n) is 2.21. The van der Waals surface area contributed by atoms with Crippen molar-refractivity contribution >= 4 is 5.97 Å². The van der Waals surface area contributed by atoms with Gasteiger partial charge in [0.25, 0.3) is 0 Å². The Morgan fingerprint density at radius 1 is 0.826 bits per heavy atom. The number of carbonyl (C=O) groups excluding carboxylic acids is 1. The first-order chi connectivity index (χ1) is 11.0. The summed E-state index contributed by atoms with van der Waals surface area (Å²) in [4.78, 5) is 11.5. The van der Waals surface area contributed by atoms with E-state index in [1.54, 1.807) is 0 Å². The van der Waals surface area contributed by atoms with E-state index in [1.165, 1.54) is 16.7 Å². The van der Waals surface area contributed by atoms with Crippen LogP contribution in [0.1, 0.15) is 86.0 Å². The van der Waals surface area contributed by atoms with Crippen LogP contribution in [0.5, 0.6) is 0 Å². The highest BCUT2D eigenvalue weighted by Gasteiger charge is 2.00. The van der Waals surface area contributed by atoms with Crippen LogP contribution < -0.4 is 0 Å². The van der Waals surface area contributed by atoms with Crippen LogP contribution in [0.2, 0.25) is 0 Å². The van der Waals surface area contributed by atoms with Gasteiger partial charge in [0.1, 0.15) is 6.61 Å². The standard InChI is InChI=1S/C21H36O2/c1-6-7-8-15-21(22)23-17-16-20(5)14-10-13-19(4)12-9-11-18(2)3/h11,13,16H,6-10,12,14-15,17H2,1-5H3/b19-13-,20-16-. The first-order valence-corrected chi connectivity index (χ1v) is 9.06. The quantitative estimate of drug-likeness (QED) is 0.232. The van der Waals surface area contributed by atoms with Gasteiger partial charge in [0.05, 0.1) is 0 Å². The molecule has 0 aliphatic carbocycles. The Bertz CT molecular complexity index is 410. The Morgan fingerprint density at radius 2 is 1.43 bits per heavy atom. The van der Waals surface area contributed by atoms with Gasteiger partial charge in [-0.1, -0.05) is 48.6 Å². The van der Waals surface area contributed by atoms with Gasteiger partial charge in [0.2, 0.25) is 0 Å². The van der Waals surface area contributed by atoms with Gasteiger partial charge in [-0.25, -0.2) is 0 Å². The fraction of sp³-hybridized carbons (Fsp3) is 0.667. The van der Waals surface area contributed by atoms with Gasteiger partial charge in [-0.05, 0) is 65.9 Å². The summed E-state index contributed by atoms with van der Waals surface area (Å²) in [7, 11) is 0. The third kappa shape index (κ3) is 15.4. The van der Waals surface area contributed by atoms with Crippen molar-refractivity contribution in [2.75, 3.05) is 6.61 Å². The van der Waals surface area contributed by atoms with Crippen molar-refractivity contribution in [3.63, 3.8) is 0 Å². The average molecular weight is 321 g/mol. The summed E-state index contributed by atoms with van der Waals surface area (Å²) in [5, 5.41) is 0. The zero-order valence-corrected chi connectivity index (χ0v) is 15.9. The van der Waals surface area contributed by atoms with Crippen molar-refractivity contribution < 1.29 is 9.53 Å². The SMILES string of the molecule is CCCCCC(=O)OC/C=C(/C)CC/C=C(/C)CCC=C(C)C. The van der Waals surface area contributed by atoms with E-state index in [0.717, 1.165) is 44.9 Å². The van der Waals surface area contributed by atoms with Crippen LogP contribution in [-0.2, 0) is 9.53 Å². The Balaban J connectivity index is 3.85. The van der Waals surface area contributed by atoms with Crippen molar-refractivity contribution in [2.45, 2.75) is 86.0 Å². The fourth-order valence-corrected chi connectivity index (χ4v) is 2.21. The molecule has 132 valence electrons. The number of esters is 1. The Morgan fingerprint density at radius 3 is 2.04 bits per heavy atom. The van der Waals surface area contributed by atoms with Gasteiger partial charge >= 0.3 is 5.97 Å². The molecule has 0 spiro atoms. The van der Waals surface area contributed by atoms with E-state index in [0.29, 0.717) is 13.0 Å². The van der Waals surface area contributed by atoms with Crippen LogP contribution in [0.25, 0.3) is 0 Å². The molecule has 0 aromatic heterocycles. The van der Waals surface area contributed by atoms with Crippen LogP contribution >= 0.6 is 0 Å². The highest BCUT2D eigenvalue weighted by molar-refractivity contribution is 5.69. The summed E-state index contributed by atoms with van der Waals surface area (Å²) in [6.45, 7) is 11.1. The molecule has 0 heterocycles. The lowest BCUT2D eigenvalue weighted by Gasteiger charge is -2.04. The number of hydrogen-bond acceptors (Lipinski definition) is 2. The molecule has 0 aliphatic rings. The van der Waals surface area contributed by atoms with E-state index in [9.17, 15) is 4.79 Å². The second kappa shape index (κ2) is 14.3. The van der Waals surface area contributed by atoms with E-state index in [2.05, 4.69) is 46.8 Å². The molecule has 0 amide bonds. The molecular formula is C21H36O2. The largest absolute Gasteiger partial charge is 0.461 e. The first-order valence-electron chi connectivity index (χ1n) is 9.06. The summed E-state index contributed by atoms with van der Waals surface area (Å²) >= 11 is 0. The normalized spacial score (nSPS) is 12.2. The van der Waals surface area contributed by atoms with E-state index < -0.39 is 0 Å². The maximum atomic E-state index is 11.5. The van der Waals surface area contributed by atoms with E-state index in [1.807, 2.05) is 6.08 Å². The highest BCUT2D eigenvalue weighted by atomic mass is 16.5. The molecule has 0 unspecified atom stereocenters. The average Bonchev–Trinajstić information content (AvgIpc) is 2.47. The van der Waals surface area contributed by atoms with E-state index in [-0.39, 0.29) is 5.97 Å². The summed E-state index contributed by atoms with van der Waals surface area (Å²) in [5.41, 5.74) is 4.14. The van der Waals surface area contributed by atoms with E-state index >= 15 is 0 Å². The van der Waals surface area contributed by atoms with Crippen LogP contribution in [0.3, 0.4) is 0 Å². The lowest BCUT2D eigenvalue weighted by Crippen LogP contribution is -2.04. The van der Waals surface area contributed by atoms with Gasteiger partial charge in [-0.15, -0.1) is 0 Å². The zero-order valence-electron chi connectivity index (χ0n) is 15.9. The number of unbranched alkanes of at least 4 members (excludes halogenated alkanes) is 2. The second-order valence-corrected chi connectivity index (χ2v) is 6.60. The molecular weight excluding hydrogens is 284 g/mol. The summed E-state index contributed by atoms with van der Waals surface area (Å²) in [6, 6.07) is 0. The number of ether oxygens (including phenoxy) is 1. The lowest BCUT2D eigenvalue weighted by atomic mass is 10.1. The molecule has 0 aliphatic heterocycles. The van der Waals surface area contributed by atoms with Crippen molar-refractivity contribution in [3.8, 4) is 0 Å². The molecule has 0 atom stereocenters. The van der Waals surface area contributed by atoms with Crippen molar-refractivity contribution in [2.24, 2.45) is 0 Å². The minimum Gasteiger partial charge on any atom is -0.461 e. The molecule has 0 saturated carbocycles. The van der Waals surface area contributed by atoms with Crippen molar-refractivity contribution in [3.05, 3.63) is 34.9 Å². The molecule has 0 N–H and O–H groups in total. The molecule has 0 aromatic rings. The molecule has 0 fully saturated rings. The maximum Gasteiger partial charge on any atom is 0.306 e. The lowest BCUT2D eigenvalue weighted by molar-refractivity contribution is -0.142. The third-order valence-electron chi connectivity index (χ3n) is 3.78. The van der Waals surface area contributed by atoms with Gasteiger partial charge in [0, 0.05) is 6.42 Å². The van der Waals surface area contributed by atoms with Crippen LogP contribution in [0.15, 0.2) is 34.9 Å². The minimum absolute atomic E-state index is 0.0717. The number of allylic oxidation sites excluding steroid dienone is 5. The number of hydrogen-bond donors (Lipinski definition) is 0. The topological polar surface area (TPSA) is 26.3 Å². The highest BCUT2D eigenvalue weighted by Crippen LogP contribution is 2.11. The second-order valence-electron chi connectivity index (χ2n) is 6.60. The molecule has 2 nitrogen and oxygen atoms in total. The zero-order chi connectivity index (χ0) is 17.5. The first kappa shape index (κ1) is 21.7.